The Morgan fingerprint density at radius 3 is 2.62 bits per heavy atom. The van der Waals surface area contributed by atoms with Gasteiger partial charge in [0.25, 0.3) is 0 Å². The second-order valence-electron chi connectivity index (χ2n) is 6.09. The molecular formula is C17H22FN2O+. The maximum absolute atomic E-state index is 13.4. The van der Waals surface area contributed by atoms with Crippen LogP contribution in [0.25, 0.3) is 10.9 Å². The van der Waals surface area contributed by atoms with Crippen LogP contribution in [0.5, 0.6) is 0 Å². The molecule has 1 fully saturated rings. The first kappa shape index (κ1) is 14.3. The summed E-state index contributed by atoms with van der Waals surface area (Å²) >= 11 is 0. The Morgan fingerprint density at radius 1 is 1.19 bits per heavy atom. The third-order valence-electron chi connectivity index (χ3n) is 4.51. The number of fused-ring (bicyclic) bond motifs is 1. The lowest BCUT2D eigenvalue weighted by atomic mass is 10.1. The van der Waals surface area contributed by atoms with Crippen LogP contribution in [0.4, 0.5) is 4.39 Å². The van der Waals surface area contributed by atoms with E-state index in [1.165, 1.54) is 42.7 Å². The number of aryl methyl sites for hydroxylation is 1. The molecule has 1 aliphatic rings. The summed E-state index contributed by atoms with van der Waals surface area (Å²) in [7, 11) is 0. The van der Waals surface area contributed by atoms with Gasteiger partial charge in [0.15, 0.2) is 5.43 Å². The fourth-order valence-electron chi connectivity index (χ4n) is 3.29. The number of halogens is 1. The lowest BCUT2D eigenvalue weighted by Gasteiger charge is -2.18. The van der Waals surface area contributed by atoms with Crippen LogP contribution >= 0.6 is 0 Å². The molecule has 1 aliphatic heterocycles. The quantitative estimate of drug-likeness (QED) is 0.871. The van der Waals surface area contributed by atoms with Crippen LogP contribution in [-0.4, -0.2) is 18.1 Å². The zero-order valence-corrected chi connectivity index (χ0v) is 12.5. The van der Waals surface area contributed by atoms with Crippen molar-refractivity contribution in [3.8, 4) is 0 Å². The number of nitrogens with one attached hydrogen (secondary N) is 2. The summed E-state index contributed by atoms with van der Waals surface area (Å²) in [5.74, 6) is -0.357. The monoisotopic (exact) mass is 289 g/mol. The minimum absolute atomic E-state index is 0.0162. The molecule has 112 valence electrons. The number of aromatic amines is 1. The molecule has 2 heterocycles. The second kappa shape index (κ2) is 5.98. The van der Waals surface area contributed by atoms with E-state index in [-0.39, 0.29) is 11.2 Å². The Hall–Kier alpha value is -1.68. The average molecular weight is 289 g/mol. The molecule has 0 spiro atoms. The molecule has 1 saturated heterocycles. The summed E-state index contributed by atoms with van der Waals surface area (Å²) in [6.45, 7) is 4.94. The third-order valence-corrected chi connectivity index (χ3v) is 4.51. The van der Waals surface area contributed by atoms with E-state index in [2.05, 4.69) is 4.98 Å². The van der Waals surface area contributed by atoms with Gasteiger partial charge in [0.2, 0.25) is 0 Å². The summed E-state index contributed by atoms with van der Waals surface area (Å²) in [6.07, 6.45) is 5.05. The SMILES string of the molecule is Cc1[nH]c2ccc(F)cc2c(=O)c1C[NH+]1CCCCCC1. The maximum atomic E-state index is 13.4. The van der Waals surface area contributed by atoms with Gasteiger partial charge in [0.1, 0.15) is 12.4 Å². The lowest BCUT2D eigenvalue weighted by molar-refractivity contribution is -0.913. The van der Waals surface area contributed by atoms with Gasteiger partial charge in [-0.05, 0) is 50.8 Å². The summed E-state index contributed by atoms with van der Waals surface area (Å²) in [5, 5.41) is 0.463. The first-order valence-electron chi connectivity index (χ1n) is 7.80. The molecule has 0 radical (unpaired) electrons. The highest BCUT2D eigenvalue weighted by Gasteiger charge is 2.18. The van der Waals surface area contributed by atoms with Gasteiger partial charge in [0, 0.05) is 16.6 Å². The molecule has 0 saturated carbocycles. The van der Waals surface area contributed by atoms with Crippen LogP contribution in [0.2, 0.25) is 0 Å². The molecule has 2 N–H and O–H groups in total. The van der Waals surface area contributed by atoms with Crippen LogP contribution in [0, 0.1) is 12.7 Å². The number of quaternary nitrogens is 1. The molecule has 0 bridgehead atoms. The van der Waals surface area contributed by atoms with Crippen molar-refractivity contribution in [2.45, 2.75) is 39.2 Å². The summed E-state index contributed by atoms with van der Waals surface area (Å²) in [6, 6.07) is 4.37. The summed E-state index contributed by atoms with van der Waals surface area (Å²) < 4.78 is 13.4. The Labute approximate surface area is 123 Å². The van der Waals surface area contributed by atoms with E-state index < -0.39 is 0 Å². The van der Waals surface area contributed by atoms with Gasteiger partial charge in [-0.2, -0.15) is 0 Å². The number of aromatic nitrogens is 1. The molecule has 2 aromatic rings. The molecule has 0 aliphatic carbocycles. The largest absolute Gasteiger partial charge is 0.358 e. The fraction of sp³-hybridized carbons (Fsp3) is 0.471. The van der Waals surface area contributed by atoms with Gasteiger partial charge in [-0.15, -0.1) is 0 Å². The van der Waals surface area contributed by atoms with E-state index in [0.29, 0.717) is 10.9 Å². The van der Waals surface area contributed by atoms with Gasteiger partial charge >= 0.3 is 0 Å². The minimum Gasteiger partial charge on any atom is -0.358 e. The van der Waals surface area contributed by atoms with Crippen molar-refractivity contribution in [2.75, 3.05) is 13.1 Å². The van der Waals surface area contributed by atoms with Crippen molar-refractivity contribution >= 4 is 10.9 Å². The van der Waals surface area contributed by atoms with Crippen molar-refractivity contribution in [1.82, 2.24) is 4.98 Å². The molecule has 3 rings (SSSR count). The molecule has 0 amide bonds. The number of benzene rings is 1. The molecule has 3 nitrogen and oxygen atoms in total. The molecule has 0 atom stereocenters. The fourth-order valence-corrected chi connectivity index (χ4v) is 3.29. The Morgan fingerprint density at radius 2 is 1.90 bits per heavy atom. The highest BCUT2D eigenvalue weighted by Crippen LogP contribution is 2.12. The Bertz CT molecular complexity index is 700. The highest BCUT2D eigenvalue weighted by molar-refractivity contribution is 5.79. The van der Waals surface area contributed by atoms with E-state index in [1.54, 1.807) is 6.07 Å². The van der Waals surface area contributed by atoms with E-state index in [4.69, 9.17) is 0 Å². The molecule has 1 aromatic heterocycles. The molecular weight excluding hydrogens is 267 g/mol. The number of likely N-dealkylation sites (tertiary alicyclic amines) is 1. The van der Waals surface area contributed by atoms with Crippen LogP contribution in [-0.2, 0) is 6.54 Å². The van der Waals surface area contributed by atoms with Crippen molar-refractivity contribution in [2.24, 2.45) is 0 Å². The van der Waals surface area contributed by atoms with Gasteiger partial charge in [-0.3, -0.25) is 4.79 Å². The molecule has 4 heteroatoms. The lowest BCUT2D eigenvalue weighted by Crippen LogP contribution is -3.10. The standard InChI is InChI=1S/C17H21FN2O/c1-12-15(11-20-8-4-2-3-5-9-20)17(21)14-10-13(18)6-7-16(14)19-12/h6-7,10H,2-5,8-9,11H2,1H3,(H,19,21)/p+1. The van der Waals surface area contributed by atoms with Crippen LogP contribution < -0.4 is 10.3 Å². The second-order valence-corrected chi connectivity index (χ2v) is 6.09. The van der Waals surface area contributed by atoms with Gasteiger partial charge < -0.3 is 9.88 Å². The van der Waals surface area contributed by atoms with E-state index >= 15 is 0 Å². The minimum atomic E-state index is -0.357. The predicted molar refractivity (Wildman–Crippen MR) is 82.1 cm³/mol. The van der Waals surface area contributed by atoms with Gasteiger partial charge in [0.05, 0.1) is 18.7 Å². The van der Waals surface area contributed by atoms with Crippen molar-refractivity contribution in [1.29, 1.82) is 0 Å². The Kier molecular flexibility index (Phi) is 4.06. The number of rotatable bonds is 2. The van der Waals surface area contributed by atoms with Crippen molar-refractivity contribution in [3.63, 3.8) is 0 Å². The van der Waals surface area contributed by atoms with E-state index in [0.717, 1.165) is 30.9 Å². The van der Waals surface area contributed by atoms with Crippen LogP contribution in [0.3, 0.4) is 0 Å². The predicted octanol–water partition coefficient (Wildman–Crippen LogP) is 1.93. The van der Waals surface area contributed by atoms with Gasteiger partial charge in [-0.25, -0.2) is 4.39 Å². The smallest absolute Gasteiger partial charge is 0.198 e. The summed E-state index contributed by atoms with van der Waals surface area (Å²) in [4.78, 5) is 17.4. The number of pyridine rings is 1. The van der Waals surface area contributed by atoms with Crippen molar-refractivity contribution < 1.29 is 9.29 Å². The third kappa shape index (κ3) is 3.00. The maximum Gasteiger partial charge on any atom is 0.198 e. The number of hydrogen-bond donors (Lipinski definition) is 2. The highest BCUT2D eigenvalue weighted by atomic mass is 19.1. The van der Waals surface area contributed by atoms with Crippen LogP contribution in [0.1, 0.15) is 36.9 Å². The Balaban J connectivity index is 1.99. The van der Waals surface area contributed by atoms with Crippen molar-refractivity contribution in [3.05, 3.63) is 45.5 Å². The number of H-pyrrole nitrogens is 1. The van der Waals surface area contributed by atoms with E-state index in [9.17, 15) is 9.18 Å². The zero-order valence-electron chi connectivity index (χ0n) is 12.5. The number of hydrogen-bond acceptors (Lipinski definition) is 1. The van der Waals surface area contributed by atoms with Gasteiger partial charge in [-0.1, -0.05) is 0 Å². The normalized spacial score (nSPS) is 17.0. The first-order chi connectivity index (χ1) is 10.1. The summed E-state index contributed by atoms with van der Waals surface area (Å²) in [5.41, 5.74) is 2.42. The molecule has 0 unspecified atom stereocenters. The molecule has 21 heavy (non-hydrogen) atoms. The first-order valence-corrected chi connectivity index (χ1v) is 7.80. The average Bonchev–Trinajstić information content (AvgIpc) is 2.73. The molecule has 1 aromatic carbocycles. The topological polar surface area (TPSA) is 37.3 Å². The van der Waals surface area contributed by atoms with Crippen LogP contribution in [0.15, 0.2) is 23.0 Å². The zero-order chi connectivity index (χ0) is 14.8. The van der Waals surface area contributed by atoms with E-state index in [1.807, 2.05) is 6.92 Å².